The van der Waals surface area contributed by atoms with E-state index >= 15 is 0 Å². The van der Waals surface area contributed by atoms with Crippen LogP contribution in [0.4, 0.5) is 0 Å². The zero-order valence-electron chi connectivity index (χ0n) is 13.1. The Bertz CT molecular complexity index is 404. The molecule has 21 heavy (non-hydrogen) atoms. The molecule has 1 N–H and O–H groups in total. The van der Waals surface area contributed by atoms with Crippen molar-refractivity contribution < 1.29 is 0 Å². The maximum Gasteiger partial charge on any atom is 0.0941 e. The molecule has 3 rings (SSSR count). The van der Waals surface area contributed by atoms with Crippen LogP contribution in [0.2, 0.25) is 0 Å². The van der Waals surface area contributed by atoms with Crippen LogP contribution in [0.5, 0.6) is 0 Å². The van der Waals surface area contributed by atoms with E-state index in [1.165, 1.54) is 81.7 Å². The molecule has 3 nitrogen and oxygen atoms in total. The van der Waals surface area contributed by atoms with Crippen molar-refractivity contribution >= 4 is 11.3 Å². The molecule has 0 spiro atoms. The molecule has 1 aromatic rings. The van der Waals surface area contributed by atoms with Gasteiger partial charge in [0, 0.05) is 30.9 Å². The van der Waals surface area contributed by atoms with E-state index in [0.29, 0.717) is 0 Å². The lowest BCUT2D eigenvalue weighted by molar-refractivity contribution is 0.288. The number of thiazole rings is 1. The maximum atomic E-state index is 4.81. The molecule has 2 fully saturated rings. The summed E-state index contributed by atoms with van der Waals surface area (Å²) in [5.74, 6) is 0. The smallest absolute Gasteiger partial charge is 0.0941 e. The summed E-state index contributed by atoms with van der Waals surface area (Å²) in [6.07, 6.45) is 12.2. The summed E-state index contributed by atoms with van der Waals surface area (Å²) in [5.41, 5.74) is 1.25. The predicted molar refractivity (Wildman–Crippen MR) is 89.8 cm³/mol. The topological polar surface area (TPSA) is 28.2 Å². The van der Waals surface area contributed by atoms with Crippen LogP contribution < -0.4 is 5.32 Å². The average Bonchev–Trinajstić information content (AvgIpc) is 3.10. The van der Waals surface area contributed by atoms with Gasteiger partial charge in [-0.1, -0.05) is 25.7 Å². The zero-order valence-corrected chi connectivity index (χ0v) is 14.0. The fourth-order valence-corrected chi connectivity index (χ4v) is 4.32. The summed E-state index contributed by atoms with van der Waals surface area (Å²) in [4.78, 5) is 7.44. The second-order valence-electron chi connectivity index (χ2n) is 6.60. The van der Waals surface area contributed by atoms with Crippen molar-refractivity contribution in [3.63, 3.8) is 0 Å². The van der Waals surface area contributed by atoms with Gasteiger partial charge in [0.25, 0.3) is 0 Å². The third-order valence-electron chi connectivity index (χ3n) is 4.87. The number of hydrogen-bond acceptors (Lipinski definition) is 4. The van der Waals surface area contributed by atoms with Crippen LogP contribution in [-0.4, -0.2) is 35.6 Å². The lowest BCUT2D eigenvalue weighted by atomic mass is 10.2. The van der Waals surface area contributed by atoms with Crippen LogP contribution in [0.25, 0.3) is 0 Å². The van der Waals surface area contributed by atoms with Gasteiger partial charge in [0.15, 0.2) is 0 Å². The van der Waals surface area contributed by atoms with Gasteiger partial charge in [0.05, 0.1) is 10.7 Å². The molecule has 2 aliphatic rings. The van der Waals surface area contributed by atoms with E-state index in [1.54, 1.807) is 0 Å². The Morgan fingerprint density at radius 1 is 1.10 bits per heavy atom. The van der Waals surface area contributed by atoms with Crippen molar-refractivity contribution in [1.82, 2.24) is 15.2 Å². The maximum absolute atomic E-state index is 4.81. The first-order valence-corrected chi connectivity index (χ1v) is 9.67. The van der Waals surface area contributed by atoms with E-state index in [4.69, 9.17) is 4.98 Å². The molecule has 1 saturated carbocycles. The van der Waals surface area contributed by atoms with E-state index in [9.17, 15) is 0 Å². The van der Waals surface area contributed by atoms with E-state index in [0.717, 1.165) is 19.0 Å². The summed E-state index contributed by atoms with van der Waals surface area (Å²) in [7, 11) is 0. The fourth-order valence-electron chi connectivity index (χ4n) is 3.54. The molecule has 0 atom stereocenters. The lowest BCUT2D eigenvalue weighted by Gasteiger charge is -2.18. The van der Waals surface area contributed by atoms with E-state index < -0.39 is 0 Å². The van der Waals surface area contributed by atoms with Gasteiger partial charge in [0.2, 0.25) is 0 Å². The van der Waals surface area contributed by atoms with E-state index in [1.807, 2.05) is 11.3 Å². The minimum absolute atomic E-state index is 0.743. The zero-order chi connectivity index (χ0) is 14.3. The Hall–Kier alpha value is -0.450. The van der Waals surface area contributed by atoms with Crippen LogP contribution in [0.15, 0.2) is 5.38 Å². The van der Waals surface area contributed by atoms with Crippen molar-refractivity contribution in [2.75, 3.05) is 19.6 Å². The number of hydrogen-bond donors (Lipinski definition) is 1. The molecule has 2 heterocycles. The largest absolute Gasteiger partial charge is 0.308 e. The quantitative estimate of drug-likeness (QED) is 0.870. The summed E-state index contributed by atoms with van der Waals surface area (Å²) in [6, 6.07) is 0.743. The lowest BCUT2D eigenvalue weighted by Crippen LogP contribution is -2.27. The first-order valence-electron chi connectivity index (χ1n) is 8.79. The van der Waals surface area contributed by atoms with Gasteiger partial charge in [-0.3, -0.25) is 0 Å². The number of rotatable bonds is 6. The molecule has 118 valence electrons. The van der Waals surface area contributed by atoms with Crippen LogP contribution in [0.1, 0.15) is 62.1 Å². The molecule has 0 radical (unpaired) electrons. The van der Waals surface area contributed by atoms with Gasteiger partial charge in [0.1, 0.15) is 0 Å². The summed E-state index contributed by atoms with van der Waals surface area (Å²) >= 11 is 1.85. The number of nitrogens with one attached hydrogen (secondary N) is 1. The van der Waals surface area contributed by atoms with Crippen molar-refractivity contribution in [2.24, 2.45) is 0 Å². The molecular weight excluding hydrogens is 278 g/mol. The Kier molecular flexibility index (Phi) is 6.07. The van der Waals surface area contributed by atoms with Gasteiger partial charge in [-0.25, -0.2) is 4.98 Å². The first kappa shape index (κ1) is 15.4. The van der Waals surface area contributed by atoms with Gasteiger partial charge in [-0.05, 0) is 38.8 Å². The first-order chi connectivity index (χ1) is 10.4. The molecular formula is C17H29N3S. The standard InChI is InChI=1S/C17H29N3S/c1-2-6-11-20(10-5-1)12-9-17-19-16(14-21-17)13-18-15-7-3-4-8-15/h14-15,18H,1-13H2. The second-order valence-corrected chi connectivity index (χ2v) is 7.54. The minimum Gasteiger partial charge on any atom is -0.308 e. The molecule has 0 aromatic carbocycles. The normalized spacial score (nSPS) is 21.7. The highest BCUT2D eigenvalue weighted by Gasteiger charge is 2.15. The van der Waals surface area contributed by atoms with Crippen molar-refractivity contribution in [1.29, 1.82) is 0 Å². The van der Waals surface area contributed by atoms with Gasteiger partial charge in [-0.15, -0.1) is 11.3 Å². The number of nitrogens with zero attached hydrogens (tertiary/aromatic N) is 2. The van der Waals surface area contributed by atoms with Gasteiger partial charge < -0.3 is 10.2 Å². The van der Waals surface area contributed by atoms with Gasteiger partial charge >= 0.3 is 0 Å². The molecule has 4 heteroatoms. The molecule has 0 bridgehead atoms. The average molecular weight is 308 g/mol. The summed E-state index contributed by atoms with van der Waals surface area (Å²) in [6.45, 7) is 4.75. The Labute approximate surface area is 133 Å². The molecule has 1 aliphatic carbocycles. The third-order valence-corrected chi connectivity index (χ3v) is 5.82. The summed E-state index contributed by atoms with van der Waals surface area (Å²) in [5, 5.41) is 7.23. The molecule has 0 amide bonds. The minimum atomic E-state index is 0.743. The van der Waals surface area contributed by atoms with Crippen LogP contribution in [-0.2, 0) is 13.0 Å². The van der Waals surface area contributed by atoms with Crippen LogP contribution >= 0.6 is 11.3 Å². The van der Waals surface area contributed by atoms with E-state index in [2.05, 4.69) is 15.6 Å². The Balaban J connectivity index is 1.39. The highest BCUT2D eigenvalue weighted by Crippen LogP contribution is 2.19. The SMILES string of the molecule is c1sc(CCN2CCCCCC2)nc1CNC1CCCC1. The van der Waals surface area contributed by atoms with Gasteiger partial charge in [-0.2, -0.15) is 0 Å². The predicted octanol–water partition coefficient (Wildman–Crippen LogP) is 3.59. The van der Waals surface area contributed by atoms with Crippen molar-refractivity contribution in [3.8, 4) is 0 Å². The summed E-state index contributed by atoms with van der Waals surface area (Å²) < 4.78 is 0. The highest BCUT2D eigenvalue weighted by molar-refractivity contribution is 7.09. The molecule has 0 unspecified atom stereocenters. The molecule has 1 saturated heterocycles. The monoisotopic (exact) mass is 307 g/mol. The van der Waals surface area contributed by atoms with Crippen molar-refractivity contribution in [2.45, 2.75) is 70.4 Å². The van der Waals surface area contributed by atoms with Crippen LogP contribution in [0, 0.1) is 0 Å². The third kappa shape index (κ3) is 5.04. The Morgan fingerprint density at radius 3 is 2.62 bits per heavy atom. The van der Waals surface area contributed by atoms with Crippen LogP contribution in [0.3, 0.4) is 0 Å². The number of aromatic nitrogens is 1. The fraction of sp³-hybridized carbons (Fsp3) is 0.824. The number of likely N-dealkylation sites (tertiary alicyclic amines) is 1. The molecule has 1 aliphatic heterocycles. The highest BCUT2D eigenvalue weighted by atomic mass is 32.1. The second kappa shape index (κ2) is 8.25. The van der Waals surface area contributed by atoms with Crippen molar-refractivity contribution in [3.05, 3.63) is 16.1 Å². The van der Waals surface area contributed by atoms with E-state index in [-0.39, 0.29) is 0 Å². The molecule has 1 aromatic heterocycles. The Morgan fingerprint density at radius 2 is 1.86 bits per heavy atom.